The number of piperidine rings is 1. The molecule has 4 rings (SSSR count). The number of amides is 1. The molecular formula is C19H25N5OS. The van der Waals surface area contributed by atoms with Crippen molar-refractivity contribution in [2.24, 2.45) is 5.92 Å². The molecule has 1 saturated carbocycles. The van der Waals surface area contributed by atoms with Gasteiger partial charge >= 0.3 is 0 Å². The van der Waals surface area contributed by atoms with Crippen molar-refractivity contribution >= 4 is 22.4 Å². The second-order valence-corrected chi connectivity index (χ2v) is 8.40. The SMILES string of the molecule is O=C(CCN1CCCC(Cc2cccnc2)C1)Nc1nnc(C2CC2)s1. The maximum Gasteiger partial charge on any atom is 0.227 e. The van der Waals surface area contributed by atoms with Crippen LogP contribution in [0.3, 0.4) is 0 Å². The highest BCUT2D eigenvalue weighted by Crippen LogP contribution is 2.42. The summed E-state index contributed by atoms with van der Waals surface area (Å²) >= 11 is 1.52. The molecule has 1 aliphatic carbocycles. The van der Waals surface area contributed by atoms with Gasteiger partial charge in [-0.05, 0) is 56.2 Å². The van der Waals surface area contributed by atoms with Gasteiger partial charge in [0.25, 0.3) is 0 Å². The fraction of sp³-hybridized carbons (Fsp3) is 0.579. The van der Waals surface area contributed by atoms with Crippen LogP contribution in [0.15, 0.2) is 24.5 Å². The molecule has 0 spiro atoms. The normalized spacial score (nSPS) is 20.8. The Kier molecular flexibility index (Phi) is 5.55. The number of anilines is 1. The van der Waals surface area contributed by atoms with Crippen LogP contribution in [0.25, 0.3) is 0 Å². The van der Waals surface area contributed by atoms with Crippen molar-refractivity contribution in [3.63, 3.8) is 0 Å². The van der Waals surface area contributed by atoms with Gasteiger partial charge in [-0.15, -0.1) is 10.2 Å². The first kappa shape index (κ1) is 17.5. The van der Waals surface area contributed by atoms with Crippen molar-refractivity contribution in [3.8, 4) is 0 Å². The summed E-state index contributed by atoms with van der Waals surface area (Å²) in [5.74, 6) is 1.28. The van der Waals surface area contributed by atoms with Crippen LogP contribution in [0, 0.1) is 5.92 Å². The van der Waals surface area contributed by atoms with Crippen LogP contribution in [0.5, 0.6) is 0 Å². The summed E-state index contributed by atoms with van der Waals surface area (Å²) in [6, 6.07) is 4.15. The molecule has 1 atom stereocenters. The van der Waals surface area contributed by atoms with E-state index in [9.17, 15) is 4.79 Å². The minimum atomic E-state index is 0.0397. The largest absolute Gasteiger partial charge is 0.303 e. The van der Waals surface area contributed by atoms with Gasteiger partial charge < -0.3 is 10.2 Å². The smallest absolute Gasteiger partial charge is 0.227 e. The third-order valence-electron chi connectivity index (χ3n) is 5.12. The van der Waals surface area contributed by atoms with E-state index in [1.54, 1.807) is 0 Å². The number of hydrogen-bond acceptors (Lipinski definition) is 6. The van der Waals surface area contributed by atoms with E-state index in [2.05, 4.69) is 31.5 Å². The van der Waals surface area contributed by atoms with Crippen molar-refractivity contribution in [1.29, 1.82) is 0 Å². The van der Waals surface area contributed by atoms with Gasteiger partial charge in [-0.3, -0.25) is 9.78 Å². The Labute approximate surface area is 158 Å². The Balaban J connectivity index is 1.21. The summed E-state index contributed by atoms with van der Waals surface area (Å²) in [4.78, 5) is 18.8. The Bertz CT molecular complexity index is 731. The van der Waals surface area contributed by atoms with Crippen LogP contribution < -0.4 is 5.32 Å². The minimum Gasteiger partial charge on any atom is -0.303 e. The van der Waals surface area contributed by atoms with Crippen molar-refractivity contribution in [2.75, 3.05) is 25.0 Å². The first-order chi connectivity index (χ1) is 12.8. The highest BCUT2D eigenvalue weighted by Gasteiger charge is 2.28. The van der Waals surface area contributed by atoms with Crippen LogP contribution in [0.4, 0.5) is 5.13 Å². The minimum absolute atomic E-state index is 0.0397. The van der Waals surface area contributed by atoms with E-state index in [4.69, 9.17) is 0 Å². The van der Waals surface area contributed by atoms with Crippen LogP contribution >= 0.6 is 11.3 Å². The zero-order chi connectivity index (χ0) is 17.8. The average Bonchev–Trinajstić information content (AvgIpc) is 3.41. The van der Waals surface area contributed by atoms with E-state index in [0.717, 1.165) is 31.1 Å². The molecule has 3 heterocycles. The molecule has 0 bridgehead atoms. The van der Waals surface area contributed by atoms with Crippen molar-refractivity contribution in [1.82, 2.24) is 20.1 Å². The number of rotatable bonds is 7. The molecule has 1 saturated heterocycles. The van der Waals surface area contributed by atoms with Crippen LogP contribution in [-0.4, -0.2) is 45.6 Å². The monoisotopic (exact) mass is 371 g/mol. The summed E-state index contributed by atoms with van der Waals surface area (Å²) in [5, 5.41) is 12.9. The molecule has 7 heteroatoms. The van der Waals surface area contributed by atoms with Gasteiger partial charge in [-0.25, -0.2) is 0 Å². The lowest BCUT2D eigenvalue weighted by molar-refractivity contribution is -0.116. The zero-order valence-electron chi connectivity index (χ0n) is 14.9. The van der Waals surface area contributed by atoms with E-state index in [1.807, 2.05) is 18.5 Å². The van der Waals surface area contributed by atoms with Crippen LogP contribution in [-0.2, 0) is 11.2 Å². The predicted molar refractivity (Wildman–Crippen MR) is 102 cm³/mol. The number of pyridine rings is 1. The Morgan fingerprint density at radius 1 is 1.31 bits per heavy atom. The average molecular weight is 372 g/mol. The molecular weight excluding hydrogens is 346 g/mol. The highest BCUT2D eigenvalue weighted by molar-refractivity contribution is 7.15. The molecule has 2 aliphatic rings. The number of hydrogen-bond donors (Lipinski definition) is 1. The van der Waals surface area contributed by atoms with Gasteiger partial charge in [0.05, 0.1) is 0 Å². The molecule has 2 aromatic heterocycles. The van der Waals surface area contributed by atoms with Gasteiger partial charge in [0.2, 0.25) is 11.0 Å². The number of likely N-dealkylation sites (tertiary alicyclic amines) is 1. The standard InChI is InChI=1S/C19H25N5OS/c25-17(21-19-23-22-18(26-19)16-5-6-16)7-10-24-9-2-4-15(13-24)11-14-3-1-8-20-12-14/h1,3,8,12,15-16H,2,4-7,9-11,13H2,(H,21,23,25). The van der Waals surface area contributed by atoms with Gasteiger partial charge in [0, 0.05) is 37.8 Å². The van der Waals surface area contributed by atoms with Gasteiger partial charge in [0.1, 0.15) is 5.01 Å². The highest BCUT2D eigenvalue weighted by atomic mass is 32.1. The maximum atomic E-state index is 12.2. The zero-order valence-corrected chi connectivity index (χ0v) is 15.7. The molecule has 1 N–H and O–H groups in total. The molecule has 2 fully saturated rings. The molecule has 1 unspecified atom stereocenters. The maximum absolute atomic E-state index is 12.2. The summed E-state index contributed by atoms with van der Waals surface area (Å²) < 4.78 is 0. The Morgan fingerprint density at radius 3 is 3.04 bits per heavy atom. The number of carbonyl (C=O) groups excluding carboxylic acids is 1. The van der Waals surface area contributed by atoms with E-state index in [-0.39, 0.29) is 5.91 Å². The first-order valence-electron chi connectivity index (χ1n) is 9.51. The Hall–Kier alpha value is -1.86. The molecule has 26 heavy (non-hydrogen) atoms. The molecule has 0 aromatic carbocycles. The van der Waals surface area contributed by atoms with Gasteiger partial charge in [0.15, 0.2) is 0 Å². The first-order valence-corrected chi connectivity index (χ1v) is 10.3. The fourth-order valence-corrected chi connectivity index (χ4v) is 4.52. The predicted octanol–water partition coefficient (Wildman–Crippen LogP) is 3.09. The van der Waals surface area contributed by atoms with Gasteiger partial charge in [-0.2, -0.15) is 0 Å². The van der Waals surface area contributed by atoms with Gasteiger partial charge in [-0.1, -0.05) is 17.4 Å². The number of carbonyl (C=O) groups is 1. The van der Waals surface area contributed by atoms with Crippen molar-refractivity contribution < 1.29 is 4.79 Å². The molecule has 138 valence electrons. The number of nitrogens with zero attached hydrogens (tertiary/aromatic N) is 4. The molecule has 6 nitrogen and oxygen atoms in total. The Morgan fingerprint density at radius 2 is 2.23 bits per heavy atom. The topological polar surface area (TPSA) is 71.0 Å². The number of nitrogens with one attached hydrogen (secondary N) is 1. The van der Waals surface area contributed by atoms with Crippen molar-refractivity contribution in [2.45, 2.75) is 44.4 Å². The summed E-state index contributed by atoms with van der Waals surface area (Å²) in [5.41, 5.74) is 1.31. The van der Waals surface area contributed by atoms with Crippen molar-refractivity contribution in [3.05, 3.63) is 35.1 Å². The van der Waals surface area contributed by atoms with E-state index < -0.39 is 0 Å². The second kappa shape index (κ2) is 8.22. The van der Waals surface area contributed by atoms with Crippen LogP contribution in [0.1, 0.15) is 48.6 Å². The van der Waals surface area contributed by atoms with Crippen LogP contribution in [0.2, 0.25) is 0 Å². The third kappa shape index (κ3) is 4.86. The molecule has 0 radical (unpaired) electrons. The number of aromatic nitrogens is 3. The van der Waals surface area contributed by atoms with E-state index in [1.165, 1.54) is 42.6 Å². The lowest BCUT2D eigenvalue weighted by atomic mass is 9.92. The van der Waals surface area contributed by atoms with E-state index >= 15 is 0 Å². The molecule has 1 amide bonds. The molecule has 2 aromatic rings. The summed E-state index contributed by atoms with van der Waals surface area (Å²) in [7, 11) is 0. The fourth-order valence-electron chi connectivity index (χ4n) is 3.59. The lowest BCUT2D eigenvalue weighted by Crippen LogP contribution is -2.38. The quantitative estimate of drug-likeness (QED) is 0.810. The third-order valence-corrected chi connectivity index (χ3v) is 6.12. The summed E-state index contributed by atoms with van der Waals surface area (Å²) in [6.07, 6.45) is 10.2. The summed E-state index contributed by atoms with van der Waals surface area (Å²) in [6.45, 7) is 2.96. The lowest BCUT2D eigenvalue weighted by Gasteiger charge is -2.32. The molecule has 1 aliphatic heterocycles. The second-order valence-electron chi connectivity index (χ2n) is 7.39. The van der Waals surface area contributed by atoms with E-state index in [0.29, 0.717) is 23.4 Å².